The third kappa shape index (κ3) is 2.04. The molecule has 4 nitrogen and oxygen atoms in total. The molecule has 0 radical (unpaired) electrons. The number of hydrogen-bond acceptors (Lipinski definition) is 4. The molecule has 0 bridgehead atoms. The lowest BCUT2D eigenvalue weighted by Gasteiger charge is -2.23. The summed E-state index contributed by atoms with van der Waals surface area (Å²) in [5, 5.41) is 7.48. The number of amides is 1. The van der Waals surface area contributed by atoms with Gasteiger partial charge in [-0.05, 0) is 32.0 Å². The molecule has 1 amide bonds. The van der Waals surface area contributed by atoms with Crippen molar-refractivity contribution in [2.45, 2.75) is 19.4 Å². The van der Waals surface area contributed by atoms with E-state index >= 15 is 0 Å². The lowest BCUT2D eigenvalue weighted by Crippen LogP contribution is -2.46. The molecule has 0 saturated carbocycles. The third-order valence-corrected chi connectivity index (χ3v) is 4.43. The first kappa shape index (κ1) is 12.3. The van der Waals surface area contributed by atoms with Gasteiger partial charge in [0.15, 0.2) is 0 Å². The van der Waals surface area contributed by atoms with Gasteiger partial charge in [0, 0.05) is 16.6 Å². The van der Waals surface area contributed by atoms with Crippen molar-refractivity contribution in [2.75, 3.05) is 19.0 Å². The number of fused-ring (bicyclic) bond motifs is 3. The second-order valence-electron chi connectivity index (χ2n) is 5.36. The van der Waals surface area contributed by atoms with Crippen LogP contribution in [0.4, 0.5) is 5.69 Å². The molecule has 0 unspecified atom stereocenters. The van der Waals surface area contributed by atoms with Crippen molar-refractivity contribution >= 4 is 33.0 Å². The maximum atomic E-state index is 12.3. The van der Waals surface area contributed by atoms with Crippen LogP contribution in [0.25, 0.3) is 10.1 Å². The van der Waals surface area contributed by atoms with Crippen LogP contribution in [-0.2, 0) is 0 Å². The fourth-order valence-corrected chi connectivity index (χ4v) is 3.31. The predicted octanol–water partition coefficient (Wildman–Crippen LogP) is 2.84. The Bertz CT molecular complexity index is 661. The van der Waals surface area contributed by atoms with E-state index in [4.69, 9.17) is 4.74 Å². The average Bonchev–Trinajstić information content (AvgIpc) is 2.68. The van der Waals surface area contributed by atoms with E-state index in [1.165, 1.54) is 11.3 Å². The molecule has 1 aliphatic heterocycles. The van der Waals surface area contributed by atoms with Crippen LogP contribution < -0.4 is 15.4 Å². The highest BCUT2D eigenvalue weighted by Gasteiger charge is 2.29. The minimum absolute atomic E-state index is 0.00910. The molecular formula is C14H16N2O2S. The van der Waals surface area contributed by atoms with E-state index < -0.39 is 0 Å². The third-order valence-electron chi connectivity index (χ3n) is 3.26. The van der Waals surface area contributed by atoms with Gasteiger partial charge in [-0.3, -0.25) is 4.79 Å². The normalized spacial score (nSPS) is 17.3. The SMILES string of the molecule is COc1ccc2sc3c(c2c1)NCC(C)(C)NC3=O. The molecule has 0 saturated heterocycles. The molecule has 1 aromatic carbocycles. The summed E-state index contributed by atoms with van der Waals surface area (Å²) in [5.41, 5.74) is 0.670. The standard InChI is InChI=1S/C14H16N2O2S/c1-14(2)7-15-11-9-6-8(18-3)4-5-10(9)19-12(11)13(17)16-14/h4-6,15H,7H2,1-3H3,(H,16,17). The summed E-state index contributed by atoms with van der Waals surface area (Å²) in [4.78, 5) is 13.0. The van der Waals surface area contributed by atoms with Gasteiger partial charge in [0.05, 0.1) is 18.3 Å². The molecule has 2 aromatic rings. The fraction of sp³-hybridized carbons (Fsp3) is 0.357. The number of nitrogens with one attached hydrogen (secondary N) is 2. The molecule has 19 heavy (non-hydrogen) atoms. The number of benzene rings is 1. The van der Waals surface area contributed by atoms with Gasteiger partial charge in [-0.1, -0.05) is 0 Å². The van der Waals surface area contributed by atoms with E-state index in [1.54, 1.807) is 7.11 Å². The highest BCUT2D eigenvalue weighted by atomic mass is 32.1. The highest BCUT2D eigenvalue weighted by Crippen LogP contribution is 2.39. The predicted molar refractivity (Wildman–Crippen MR) is 78.4 cm³/mol. The number of thiophene rings is 1. The number of rotatable bonds is 1. The van der Waals surface area contributed by atoms with Crippen LogP contribution in [0.15, 0.2) is 18.2 Å². The average molecular weight is 276 g/mol. The van der Waals surface area contributed by atoms with Crippen LogP contribution in [0.5, 0.6) is 5.75 Å². The second kappa shape index (κ2) is 4.13. The van der Waals surface area contributed by atoms with Crippen LogP contribution in [0.2, 0.25) is 0 Å². The topological polar surface area (TPSA) is 50.4 Å². The van der Waals surface area contributed by atoms with Crippen LogP contribution in [0.3, 0.4) is 0 Å². The lowest BCUT2D eigenvalue weighted by molar-refractivity contribution is 0.0926. The summed E-state index contributed by atoms with van der Waals surface area (Å²) in [6.45, 7) is 4.73. The minimum atomic E-state index is -0.249. The maximum Gasteiger partial charge on any atom is 0.263 e. The van der Waals surface area contributed by atoms with Crippen molar-refractivity contribution in [2.24, 2.45) is 0 Å². The van der Waals surface area contributed by atoms with Crippen LogP contribution in [0, 0.1) is 0 Å². The van der Waals surface area contributed by atoms with Crippen LogP contribution in [-0.4, -0.2) is 25.1 Å². The molecule has 2 heterocycles. The van der Waals surface area contributed by atoms with Gasteiger partial charge < -0.3 is 15.4 Å². The molecular weight excluding hydrogens is 260 g/mol. The minimum Gasteiger partial charge on any atom is -0.497 e. The Morgan fingerprint density at radius 1 is 1.37 bits per heavy atom. The quantitative estimate of drug-likeness (QED) is 0.842. The monoisotopic (exact) mass is 276 g/mol. The van der Waals surface area contributed by atoms with Crippen LogP contribution in [0.1, 0.15) is 23.5 Å². The molecule has 0 aliphatic carbocycles. The number of carbonyl (C=O) groups is 1. The summed E-state index contributed by atoms with van der Waals surface area (Å²) in [6.07, 6.45) is 0. The molecule has 5 heteroatoms. The van der Waals surface area contributed by atoms with Crippen molar-refractivity contribution in [3.63, 3.8) is 0 Å². The van der Waals surface area contributed by atoms with E-state index in [-0.39, 0.29) is 11.4 Å². The molecule has 100 valence electrons. The van der Waals surface area contributed by atoms with Gasteiger partial charge in [-0.2, -0.15) is 0 Å². The van der Waals surface area contributed by atoms with Gasteiger partial charge in [0.25, 0.3) is 5.91 Å². The summed E-state index contributed by atoms with van der Waals surface area (Å²) in [6, 6.07) is 5.89. The fourth-order valence-electron chi connectivity index (χ4n) is 2.26. The van der Waals surface area contributed by atoms with Gasteiger partial charge >= 0.3 is 0 Å². The number of anilines is 1. The Morgan fingerprint density at radius 2 is 2.16 bits per heavy atom. The van der Waals surface area contributed by atoms with E-state index in [2.05, 4.69) is 10.6 Å². The van der Waals surface area contributed by atoms with Gasteiger partial charge in [0.2, 0.25) is 0 Å². The Hall–Kier alpha value is -1.75. The van der Waals surface area contributed by atoms with Crippen molar-refractivity contribution in [3.8, 4) is 5.75 Å². The lowest BCUT2D eigenvalue weighted by atomic mass is 10.1. The zero-order valence-corrected chi connectivity index (χ0v) is 12.0. The first-order valence-corrected chi connectivity index (χ1v) is 6.99. The zero-order chi connectivity index (χ0) is 13.6. The molecule has 0 spiro atoms. The number of methoxy groups -OCH3 is 1. The zero-order valence-electron chi connectivity index (χ0n) is 11.2. The smallest absolute Gasteiger partial charge is 0.263 e. The van der Waals surface area contributed by atoms with E-state index in [0.29, 0.717) is 6.54 Å². The first-order valence-electron chi connectivity index (χ1n) is 6.17. The molecule has 3 rings (SSSR count). The molecule has 0 atom stereocenters. The Kier molecular flexibility index (Phi) is 2.67. The first-order chi connectivity index (χ1) is 9.00. The summed E-state index contributed by atoms with van der Waals surface area (Å²) in [7, 11) is 1.65. The molecule has 2 N–H and O–H groups in total. The number of hydrogen-bond donors (Lipinski definition) is 2. The largest absolute Gasteiger partial charge is 0.497 e. The van der Waals surface area contributed by atoms with Gasteiger partial charge in [-0.15, -0.1) is 11.3 Å². The van der Waals surface area contributed by atoms with E-state index in [1.807, 2.05) is 32.0 Å². The number of carbonyl (C=O) groups excluding carboxylic acids is 1. The van der Waals surface area contributed by atoms with Crippen molar-refractivity contribution in [3.05, 3.63) is 23.1 Å². The highest BCUT2D eigenvalue weighted by molar-refractivity contribution is 7.21. The van der Waals surface area contributed by atoms with Crippen molar-refractivity contribution < 1.29 is 9.53 Å². The Balaban J connectivity index is 2.18. The number of ether oxygens (including phenoxy) is 1. The summed E-state index contributed by atoms with van der Waals surface area (Å²) >= 11 is 1.51. The van der Waals surface area contributed by atoms with E-state index in [9.17, 15) is 4.79 Å². The van der Waals surface area contributed by atoms with Gasteiger partial charge in [-0.25, -0.2) is 0 Å². The Morgan fingerprint density at radius 3 is 2.89 bits per heavy atom. The van der Waals surface area contributed by atoms with E-state index in [0.717, 1.165) is 26.4 Å². The van der Waals surface area contributed by atoms with Crippen molar-refractivity contribution in [1.82, 2.24) is 5.32 Å². The molecule has 0 fully saturated rings. The van der Waals surface area contributed by atoms with Gasteiger partial charge in [0.1, 0.15) is 10.6 Å². The summed E-state index contributed by atoms with van der Waals surface area (Å²) < 4.78 is 6.35. The molecule has 1 aromatic heterocycles. The summed E-state index contributed by atoms with van der Waals surface area (Å²) in [5.74, 6) is 0.795. The second-order valence-corrected chi connectivity index (χ2v) is 6.41. The Labute approximate surface area is 115 Å². The molecule has 1 aliphatic rings. The van der Waals surface area contributed by atoms with Crippen molar-refractivity contribution in [1.29, 1.82) is 0 Å². The maximum absolute atomic E-state index is 12.3. The van der Waals surface area contributed by atoms with Crippen LogP contribution >= 0.6 is 11.3 Å².